The minimum atomic E-state index is 0.489. The molecule has 2 rings (SSSR count). The molecule has 84 valence electrons. The van der Waals surface area contributed by atoms with E-state index in [2.05, 4.69) is 20.3 Å². The zero-order valence-corrected chi connectivity index (χ0v) is 10.2. The first-order valence-corrected chi connectivity index (χ1v) is 5.39. The van der Waals surface area contributed by atoms with Crippen LogP contribution < -0.4 is 0 Å². The second-order valence-corrected chi connectivity index (χ2v) is 3.86. The van der Waals surface area contributed by atoms with E-state index >= 15 is 0 Å². The molecule has 0 atom stereocenters. The molecule has 0 saturated carbocycles. The highest BCUT2D eigenvalue weighted by atomic mass is 35.5. The summed E-state index contributed by atoms with van der Waals surface area (Å²) in [6.45, 7) is 3.89. The van der Waals surface area contributed by atoms with Crippen molar-refractivity contribution < 1.29 is 0 Å². The van der Waals surface area contributed by atoms with Crippen LogP contribution in [-0.4, -0.2) is 25.0 Å². The molecule has 2 aromatic heterocycles. The van der Waals surface area contributed by atoms with Crippen LogP contribution in [0.1, 0.15) is 18.3 Å². The Morgan fingerprint density at radius 3 is 2.69 bits per heavy atom. The van der Waals surface area contributed by atoms with Crippen LogP contribution in [0.4, 0.5) is 0 Å². The van der Waals surface area contributed by atoms with Gasteiger partial charge in [-0.2, -0.15) is 0 Å². The fraction of sp³-hybridized carbons (Fsp3) is 0.400. The van der Waals surface area contributed by atoms with Gasteiger partial charge in [-0.25, -0.2) is 14.6 Å². The zero-order valence-electron chi connectivity index (χ0n) is 9.40. The van der Waals surface area contributed by atoms with Crippen LogP contribution in [0.2, 0.25) is 5.15 Å². The van der Waals surface area contributed by atoms with Gasteiger partial charge in [0.2, 0.25) is 0 Å². The summed E-state index contributed by atoms with van der Waals surface area (Å²) in [5.74, 6) is 0.729. The summed E-state index contributed by atoms with van der Waals surface area (Å²) in [4.78, 5) is 8.65. The van der Waals surface area contributed by atoms with E-state index in [0.717, 1.165) is 29.2 Å². The van der Waals surface area contributed by atoms with E-state index in [1.54, 1.807) is 10.9 Å². The maximum absolute atomic E-state index is 6.07. The molecule has 6 heteroatoms. The Balaban J connectivity index is 2.64. The average molecular weight is 238 g/mol. The predicted molar refractivity (Wildman–Crippen MR) is 61.2 cm³/mol. The highest BCUT2D eigenvalue weighted by Crippen LogP contribution is 2.24. The standard InChI is InChI=1S/C10H12ClN5/c1-4-8-13-9(6(2)10(11)14-8)7-5-12-15-16(7)3/h5H,4H2,1-3H3. The summed E-state index contributed by atoms with van der Waals surface area (Å²) in [5.41, 5.74) is 2.49. The maximum atomic E-state index is 6.07. The van der Waals surface area contributed by atoms with Gasteiger partial charge in [0.05, 0.1) is 11.9 Å². The summed E-state index contributed by atoms with van der Waals surface area (Å²) in [6.07, 6.45) is 2.42. The lowest BCUT2D eigenvalue weighted by Crippen LogP contribution is -2.03. The Bertz CT molecular complexity index is 520. The second-order valence-electron chi connectivity index (χ2n) is 3.50. The second kappa shape index (κ2) is 4.17. The molecule has 2 heterocycles. The lowest BCUT2D eigenvalue weighted by atomic mass is 10.2. The number of rotatable bonds is 2. The summed E-state index contributed by atoms with van der Waals surface area (Å²) >= 11 is 6.07. The van der Waals surface area contributed by atoms with Gasteiger partial charge in [-0.15, -0.1) is 5.10 Å². The topological polar surface area (TPSA) is 56.5 Å². The highest BCUT2D eigenvalue weighted by Gasteiger charge is 2.13. The third-order valence-corrected chi connectivity index (χ3v) is 2.77. The molecule has 0 unspecified atom stereocenters. The molecule has 0 saturated heterocycles. The number of hydrogen-bond acceptors (Lipinski definition) is 4. The zero-order chi connectivity index (χ0) is 11.7. The molecular weight excluding hydrogens is 226 g/mol. The van der Waals surface area contributed by atoms with Crippen LogP contribution in [0.15, 0.2) is 6.20 Å². The molecule has 0 aliphatic carbocycles. The fourth-order valence-electron chi connectivity index (χ4n) is 1.44. The third-order valence-electron chi connectivity index (χ3n) is 2.41. The van der Waals surface area contributed by atoms with Crippen LogP contribution in [-0.2, 0) is 13.5 Å². The van der Waals surface area contributed by atoms with Crippen molar-refractivity contribution in [2.75, 3.05) is 0 Å². The smallest absolute Gasteiger partial charge is 0.136 e. The van der Waals surface area contributed by atoms with E-state index in [0.29, 0.717) is 5.15 Å². The van der Waals surface area contributed by atoms with Gasteiger partial charge in [-0.1, -0.05) is 23.7 Å². The number of halogens is 1. The first-order chi connectivity index (χ1) is 7.63. The summed E-state index contributed by atoms with van der Waals surface area (Å²) in [7, 11) is 1.82. The normalized spacial score (nSPS) is 10.8. The van der Waals surface area contributed by atoms with Gasteiger partial charge in [0.25, 0.3) is 0 Å². The monoisotopic (exact) mass is 237 g/mol. The Hall–Kier alpha value is -1.49. The van der Waals surface area contributed by atoms with Crippen molar-refractivity contribution in [3.8, 4) is 11.4 Å². The predicted octanol–water partition coefficient (Wildman–Crippen LogP) is 1.80. The van der Waals surface area contributed by atoms with E-state index in [4.69, 9.17) is 11.6 Å². The Kier molecular flexibility index (Phi) is 2.87. The van der Waals surface area contributed by atoms with E-state index in [-0.39, 0.29) is 0 Å². The van der Waals surface area contributed by atoms with Crippen LogP contribution in [0.25, 0.3) is 11.4 Å². The van der Waals surface area contributed by atoms with Crippen molar-refractivity contribution in [3.63, 3.8) is 0 Å². The molecule has 16 heavy (non-hydrogen) atoms. The first kappa shape index (κ1) is 11.0. The van der Waals surface area contributed by atoms with Gasteiger partial charge >= 0.3 is 0 Å². The van der Waals surface area contributed by atoms with Gasteiger partial charge in [-0.3, -0.25) is 0 Å². The van der Waals surface area contributed by atoms with Crippen molar-refractivity contribution in [2.24, 2.45) is 7.05 Å². The van der Waals surface area contributed by atoms with E-state index in [1.807, 2.05) is 20.9 Å². The SMILES string of the molecule is CCc1nc(Cl)c(C)c(-c2cnnn2C)n1. The molecule has 5 nitrogen and oxygen atoms in total. The van der Waals surface area contributed by atoms with Crippen LogP contribution in [0, 0.1) is 6.92 Å². The van der Waals surface area contributed by atoms with Crippen molar-refractivity contribution in [3.05, 3.63) is 22.7 Å². The number of nitrogens with zero attached hydrogens (tertiary/aromatic N) is 5. The largest absolute Gasteiger partial charge is 0.246 e. The number of hydrogen-bond donors (Lipinski definition) is 0. The molecule has 0 aliphatic heterocycles. The van der Waals surface area contributed by atoms with Crippen LogP contribution in [0.3, 0.4) is 0 Å². The van der Waals surface area contributed by atoms with Crippen molar-refractivity contribution in [1.29, 1.82) is 0 Å². The van der Waals surface area contributed by atoms with Gasteiger partial charge in [0.1, 0.15) is 16.7 Å². The van der Waals surface area contributed by atoms with Gasteiger partial charge in [-0.05, 0) is 6.92 Å². The molecule has 0 N–H and O–H groups in total. The number of aryl methyl sites for hydroxylation is 2. The third kappa shape index (κ3) is 1.78. The Morgan fingerprint density at radius 2 is 2.12 bits per heavy atom. The van der Waals surface area contributed by atoms with E-state index in [1.165, 1.54) is 0 Å². The summed E-state index contributed by atoms with van der Waals surface area (Å²) in [6, 6.07) is 0. The van der Waals surface area contributed by atoms with Gasteiger partial charge in [0.15, 0.2) is 0 Å². The molecule has 0 bridgehead atoms. The van der Waals surface area contributed by atoms with Crippen molar-refractivity contribution >= 4 is 11.6 Å². The molecule has 2 aromatic rings. The van der Waals surface area contributed by atoms with Crippen molar-refractivity contribution in [1.82, 2.24) is 25.0 Å². The molecule has 0 fully saturated rings. The Morgan fingerprint density at radius 1 is 1.38 bits per heavy atom. The van der Waals surface area contributed by atoms with Crippen LogP contribution in [0.5, 0.6) is 0 Å². The molecule has 0 spiro atoms. The highest BCUT2D eigenvalue weighted by molar-refractivity contribution is 6.30. The minimum absolute atomic E-state index is 0.489. The van der Waals surface area contributed by atoms with Crippen molar-refractivity contribution in [2.45, 2.75) is 20.3 Å². The van der Waals surface area contributed by atoms with E-state index < -0.39 is 0 Å². The quantitative estimate of drug-likeness (QED) is 0.748. The lowest BCUT2D eigenvalue weighted by molar-refractivity contribution is 0.717. The van der Waals surface area contributed by atoms with Crippen LogP contribution >= 0.6 is 11.6 Å². The van der Waals surface area contributed by atoms with E-state index in [9.17, 15) is 0 Å². The molecule has 0 aliphatic rings. The summed E-state index contributed by atoms with van der Waals surface area (Å²) in [5, 5.41) is 8.21. The fourth-order valence-corrected chi connectivity index (χ4v) is 1.63. The molecule has 0 amide bonds. The number of aromatic nitrogens is 5. The molecule has 0 aromatic carbocycles. The lowest BCUT2D eigenvalue weighted by Gasteiger charge is -2.07. The van der Waals surface area contributed by atoms with Gasteiger partial charge < -0.3 is 0 Å². The maximum Gasteiger partial charge on any atom is 0.136 e. The summed E-state index contributed by atoms with van der Waals surface area (Å²) < 4.78 is 1.67. The average Bonchev–Trinajstić information content (AvgIpc) is 2.68. The Labute approximate surface area is 98.5 Å². The first-order valence-electron chi connectivity index (χ1n) is 5.01. The minimum Gasteiger partial charge on any atom is -0.246 e. The molecular formula is C10H12ClN5. The van der Waals surface area contributed by atoms with Gasteiger partial charge in [0, 0.05) is 19.0 Å². The molecule has 0 radical (unpaired) electrons.